The highest BCUT2D eigenvalue weighted by atomic mass is 16.1. The maximum Gasteiger partial charge on any atom is 0.168 e. The van der Waals surface area contributed by atoms with E-state index in [0.717, 1.165) is 35.3 Å². The van der Waals surface area contributed by atoms with E-state index in [1.165, 1.54) is 0 Å². The maximum atomic E-state index is 12.5. The Labute approximate surface area is 129 Å². The van der Waals surface area contributed by atoms with Crippen molar-refractivity contribution in [3.05, 3.63) is 48.5 Å². The second kappa shape index (κ2) is 4.83. The third-order valence-electron chi connectivity index (χ3n) is 4.35. The molecule has 0 aliphatic heterocycles. The number of hydrogen-bond donors (Lipinski definition) is 0. The first-order valence-corrected chi connectivity index (χ1v) is 7.83. The van der Waals surface area contributed by atoms with Gasteiger partial charge in [-0.05, 0) is 44.9 Å². The van der Waals surface area contributed by atoms with Crippen molar-refractivity contribution in [2.75, 3.05) is 0 Å². The van der Waals surface area contributed by atoms with E-state index in [1.54, 1.807) is 0 Å². The summed E-state index contributed by atoms with van der Waals surface area (Å²) in [5, 5.41) is 0. The van der Waals surface area contributed by atoms with Crippen LogP contribution in [0.4, 0.5) is 0 Å². The van der Waals surface area contributed by atoms with Gasteiger partial charge in [0.15, 0.2) is 5.78 Å². The number of fused-ring (bicyclic) bond motifs is 1. The quantitative estimate of drug-likeness (QED) is 0.683. The van der Waals surface area contributed by atoms with Gasteiger partial charge in [0.1, 0.15) is 5.69 Å². The fourth-order valence-electron chi connectivity index (χ4n) is 2.86. The Morgan fingerprint density at radius 3 is 2.82 bits per heavy atom. The Hall–Kier alpha value is -2.36. The van der Waals surface area contributed by atoms with Gasteiger partial charge < -0.3 is 8.97 Å². The van der Waals surface area contributed by atoms with Crippen LogP contribution >= 0.6 is 0 Å². The molecule has 0 bridgehead atoms. The zero-order valence-corrected chi connectivity index (χ0v) is 12.9. The molecule has 0 amide bonds. The van der Waals surface area contributed by atoms with E-state index in [1.807, 2.05) is 43.0 Å². The lowest BCUT2D eigenvalue weighted by atomic mass is 10.1. The summed E-state index contributed by atoms with van der Waals surface area (Å²) in [6.45, 7) is 4.26. The summed E-state index contributed by atoms with van der Waals surface area (Å²) in [5.41, 5.74) is 3.70. The normalized spacial score (nSPS) is 14.9. The number of imidazole rings is 1. The Bertz CT molecular complexity index is 852. The molecule has 0 aromatic carbocycles. The largest absolute Gasteiger partial charge is 0.334 e. The lowest BCUT2D eigenvalue weighted by Gasteiger charge is -2.04. The molecule has 0 N–H and O–H groups in total. The molecule has 3 heterocycles. The van der Waals surface area contributed by atoms with Crippen molar-refractivity contribution in [3.63, 3.8) is 0 Å². The SMILES string of the molecule is CC(C)n1cnc(-c2cc(C(=O)C3CC3)c3ccccn23)c1. The predicted octanol–water partition coefficient (Wildman–Crippen LogP) is 3.98. The van der Waals surface area contributed by atoms with Crippen LogP contribution < -0.4 is 0 Å². The van der Waals surface area contributed by atoms with E-state index in [4.69, 9.17) is 0 Å². The van der Waals surface area contributed by atoms with Gasteiger partial charge in [-0.15, -0.1) is 0 Å². The van der Waals surface area contributed by atoms with Crippen molar-refractivity contribution >= 4 is 11.3 Å². The minimum atomic E-state index is 0.229. The smallest absolute Gasteiger partial charge is 0.168 e. The molecule has 0 saturated heterocycles. The van der Waals surface area contributed by atoms with Crippen molar-refractivity contribution < 1.29 is 4.79 Å². The summed E-state index contributed by atoms with van der Waals surface area (Å²) in [6.07, 6.45) is 7.96. The first kappa shape index (κ1) is 13.3. The summed E-state index contributed by atoms with van der Waals surface area (Å²) >= 11 is 0. The molecule has 112 valence electrons. The van der Waals surface area contributed by atoms with Gasteiger partial charge in [-0.1, -0.05) is 6.07 Å². The highest BCUT2D eigenvalue weighted by Gasteiger charge is 2.32. The van der Waals surface area contributed by atoms with Crippen LogP contribution in [-0.2, 0) is 0 Å². The molecule has 4 heteroatoms. The van der Waals surface area contributed by atoms with E-state index in [9.17, 15) is 4.79 Å². The van der Waals surface area contributed by atoms with E-state index in [2.05, 4.69) is 27.8 Å². The molecule has 3 aromatic rings. The monoisotopic (exact) mass is 293 g/mol. The molecule has 22 heavy (non-hydrogen) atoms. The van der Waals surface area contributed by atoms with Crippen molar-refractivity contribution in [3.8, 4) is 11.4 Å². The molecule has 4 rings (SSSR count). The van der Waals surface area contributed by atoms with Crippen molar-refractivity contribution in [1.82, 2.24) is 14.0 Å². The van der Waals surface area contributed by atoms with Gasteiger partial charge >= 0.3 is 0 Å². The predicted molar refractivity (Wildman–Crippen MR) is 86.1 cm³/mol. The fraction of sp³-hybridized carbons (Fsp3) is 0.333. The lowest BCUT2D eigenvalue weighted by Crippen LogP contribution is -2.00. The molecule has 1 aliphatic rings. The first-order chi connectivity index (χ1) is 10.6. The third-order valence-corrected chi connectivity index (χ3v) is 4.35. The molecule has 4 nitrogen and oxygen atoms in total. The summed E-state index contributed by atoms with van der Waals surface area (Å²) in [4.78, 5) is 17.1. The van der Waals surface area contributed by atoms with Gasteiger partial charge in [0.2, 0.25) is 0 Å². The van der Waals surface area contributed by atoms with Gasteiger partial charge in [-0.3, -0.25) is 4.79 Å². The molecular formula is C18H19N3O. The van der Waals surface area contributed by atoms with Crippen LogP contribution in [-0.4, -0.2) is 19.7 Å². The highest BCUT2D eigenvalue weighted by Crippen LogP contribution is 2.36. The minimum Gasteiger partial charge on any atom is -0.334 e. The van der Waals surface area contributed by atoms with Crippen LogP contribution in [0.5, 0.6) is 0 Å². The number of pyridine rings is 1. The Morgan fingerprint density at radius 1 is 1.32 bits per heavy atom. The van der Waals surface area contributed by atoms with E-state index >= 15 is 0 Å². The van der Waals surface area contributed by atoms with Gasteiger partial charge in [-0.25, -0.2) is 4.98 Å². The molecule has 0 spiro atoms. The number of ketones is 1. The number of aromatic nitrogens is 3. The van der Waals surface area contributed by atoms with Crippen molar-refractivity contribution in [2.45, 2.75) is 32.7 Å². The Morgan fingerprint density at radius 2 is 2.14 bits per heavy atom. The van der Waals surface area contributed by atoms with Crippen molar-refractivity contribution in [2.24, 2.45) is 5.92 Å². The average Bonchev–Trinajstić information content (AvgIpc) is 3.12. The summed E-state index contributed by atoms with van der Waals surface area (Å²) in [6, 6.07) is 8.36. The standard InChI is InChI=1S/C18H19N3O/c1-12(2)20-10-15(19-11-20)17-9-14(18(22)13-6-7-13)16-5-3-4-8-21(16)17/h3-5,8-13H,6-7H2,1-2H3. The summed E-state index contributed by atoms with van der Waals surface area (Å²) in [5.74, 6) is 0.505. The van der Waals surface area contributed by atoms with Crippen LogP contribution in [0.3, 0.4) is 0 Å². The molecular weight excluding hydrogens is 274 g/mol. The lowest BCUT2D eigenvalue weighted by molar-refractivity contribution is 0.0969. The van der Waals surface area contributed by atoms with Gasteiger partial charge in [0.25, 0.3) is 0 Å². The number of Topliss-reactive ketones (excluding diaryl/α,β-unsaturated/α-hetero) is 1. The minimum absolute atomic E-state index is 0.229. The van der Waals surface area contributed by atoms with Crippen molar-refractivity contribution in [1.29, 1.82) is 0 Å². The molecule has 1 fully saturated rings. The van der Waals surface area contributed by atoms with Gasteiger partial charge in [0, 0.05) is 29.9 Å². The second-order valence-electron chi connectivity index (χ2n) is 6.34. The van der Waals surface area contributed by atoms with Crippen LogP contribution in [0.1, 0.15) is 43.1 Å². The average molecular weight is 293 g/mol. The maximum absolute atomic E-state index is 12.5. The molecule has 1 aliphatic carbocycles. The highest BCUT2D eigenvalue weighted by molar-refractivity contribution is 6.06. The van der Waals surface area contributed by atoms with E-state index in [-0.39, 0.29) is 11.7 Å². The fourth-order valence-corrected chi connectivity index (χ4v) is 2.86. The molecule has 0 atom stereocenters. The third kappa shape index (κ3) is 2.06. The molecule has 1 saturated carbocycles. The van der Waals surface area contributed by atoms with Crippen LogP contribution in [0.25, 0.3) is 16.9 Å². The van der Waals surface area contributed by atoms with Crippen LogP contribution in [0.2, 0.25) is 0 Å². The zero-order chi connectivity index (χ0) is 15.3. The second-order valence-corrected chi connectivity index (χ2v) is 6.34. The summed E-state index contributed by atoms with van der Waals surface area (Å²) in [7, 11) is 0. The molecule has 0 radical (unpaired) electrons. The molecule has 0 unspecified atom stereocenters. The van der Waals surface area contributed by atoms with Gasteiger partial charge in [0.05, 0.1) is 17.5 Å². The van der Waals surface area contributed by atoms with Gasteiger partial charge in [-0.2, -0.15) is 0 Å². The number of carbonyl (C=O) groups is 1. The Balaban J connectivity index is 1.88. The number of rotatable bonds is 4. The number of hydrogen-bond acceptors (Lipinski definition) is 2. The van der Waals surface area contributed by atoms with E-state index < -0.39 is 0 Å². The topological polar surface area (TPSA) is 39.3 Å². The molecule has 3 aromatic heterocycles. The van der Waals surface area contributed by atoms with Crippen LogP contribution in [0.15, 0.2) is 43.0 Å². The number of nitrogens with zero attached hydrogens (tertiary/aromatic N) is 3. The first-order valence-electron chi connectivity index (χ1n) is 7.83. The Kier molecular flexibility index (Phi) is 2.93. The zero-order valence-electron chi connectivity index (χ0n) is 12.9. The van der Waals surface area contributed by atoms with E-state index in [0.29, 0.717) is 6.04 Å². The van der Waals surface area contributed by atoms with Crippen LogP contribution in [0, 0.1) is 5.92 Å². The number of carbonyl (C=O) groups excluding carboxylic acids is 1. The summed E-state index contributed by atoms with van der Waals surface area (Å²) < 4.78 is 4.16.